The van der Waals surface area contributed by atoms with Crippen molar-refractivity contribution in [3.63, 3.8) is 0 Å². The summed E-state index contributed by atoms with van der Waals surface area (Å²) in [6.45, 7) is 8.39. The van der Waals surface area contributed by atoms with Crippen molar-refractivity contribution in [2.24, 2.45) is 0 Å². The fourth-order valence-electron chi connectivity index (χ4n) is 1.39. The predicted octanol–water partition coefficient (Wildman–Crippen LogP) is 0.483. The second-order valence-corrected chi connectivity index (χ2v) is 4.03. The van der Waals surface area contributed by atoms with Gasteiger partial charge in [0.15, 0.2) is 0 Å². The zero-order chi connectivity index (χ0) is 11.5. The predicted molar refractivity (Wildman–Crippen MR) is 67.0 cm³/mol. The molecule has 0 saturated carbocycles. The number of hydrogen-bond acceptors (Lipinski definition) is 3. The molecule has 0 aromatic rings. The van der Waals surface area contributed by atoms with Gasteiger partial charge in [-0.25, -0.2) is 0 Å². The maximum atomic E-state index is 5.17. The lowest BCUT2D eigenvalue weighted by Gasteiger charge is -2.23. The highest BCUT2D eigenvalue weighted by Crippen LogP contribution is 1.91. The first-order chi connectivity index (χ1) is 7.20. The maximum absolute atomic E-state index is 5.17. The molecule has 3 heteroatoms. The molecule has 3 nitrogen and oxygen atoms in total. The van der Waals surface area contributed by atoms with Gasteiger partial charge >= 0.3 is 0 Å². The highest BCUT2D eigenvalue weighted by atomic mass is 15.2. The van der Waals surface area contributed by atoms with Gasteiger partial charge in [-0.2, -0.15) is 0 Å². The standard InChI is InChI=1S/C12H25N3/c1-5-7-13-8-10-15(9-6-2)12-11-14(3)4/h1,13H,6-12H2,2-4H3. The van der Waals surface area contributed by atoms with E-state index >= 15 is 0 Å². The fraction of sp³-hybridized carbons (Fsp3) is 0.833. The van der Waals surface area contributed by atoms with Crippen LogP contribution in [-0.4, -0.2) is 63.2 Å². The highest BCUT2D eigenvalue weighted by molar-refractivity contribution is 4.86. The van der Waals surface area contributed by atoms with Crippen LogP contribution in [0.15, 0.2) is 0 Å². The highest BCUT2D eigenvalue weighted by Gasteiger charge is 2.03. The minimum Gasteiger partial charge on any atom is -0.308 e. The summed E-state index contributed by atoms with van der Waals surface area (Å²) in [5.74, 6) is 2.59. The summed E-state index contributed by atoms with van der Waals surface area (Å²) < 4.78 is 0. The van der Waals surface area contributed by atoms with Crippen molar-refractivity contribution in [3.05, 3.63) is 0 Å². The Morgan fingerprint density at radius 2 is 1.87 bits per heavy atom. The van der Waals surface area contributed by atoms with E-state index in [9.17, 15) is 0 Å². The third kappa shape index (κ3) is 9.74. The van der Waals surface area contributed by atoms with E-state index < -0.39 is 0 Å². The first-order valence-corrected chi connectivity index (χ1v) is 5.72. The van der Waals surface area contributed by atoms with Crippen molar-refractivity contribution < 1.29 is 0 Å². The molecule has 88 valence electrons. The smallest absolute Gasteiger partial charge is 0.0574 e. The molecule has 0 aromatic heterocycles. The van der Waals surface area contributed by atoms with Crippen molar-refractivity contribution in [2.45, 2.75) is 13.3 Å². The molecule has 0 aliphatic carbocycles. The molecule has 15 heavy (non-hydrogen) atoms. The number of terminal acetylenes is 1. The largest absolute Gasteiger partial charge is 0.308 e. The number of hydrogen-bond donors (Lipinski definition) is 1. The van der Waals surface area contributed by atoms with Gasteiger partial charge < -0.3 is 15.1 Å². The van der Waals surface area contributed by atoms with Gasteiger partial charge in [0.2, 0.25) is 0 Å². The van der Waals surface area contributed by atoms with E-state index in [0.717, 1.165) is 26.2 Å². The Morgan fingerprint density at radius 1 is 1.13 bits per heavy atom. The molecule has 0 spiro atoms. The monoisotopic (exact) mass is 211 g/mol. The summed E-state index contributed by atoms with van der Waals surface area (Å²) in [5, 5.41) is 3.22. The van der Waals surface area contributed by atoms with Crippen molar-refractivity contribution in [2.75, 3.05) is 53.4 Å². The second kappa shape index (κ2) is 9.97. The Balaban J connectivity index is 3.59. The van der Waals surface area contributed by atoms with Crippen LogP contribution in [0.5, 0.6) is 0 Å². The first-order valence-electron chi connectivity index (χ1n) is 5.72. The second-order valence-electron chi connectivity index (χ2n) is 4.03. The van der Waals surface area contributed by atoms with Crippen LogP contribution in [0.25, 0.3) is 0 Å². The Hall–Kier alpha value is -0.560. The quantitative estimate of drug-likeness (QED) is 0.442. The van der Waals surface area contributed by atoms with Crippen molar-refractivity contribution in [1.29, 1.82) is 0 Å². The van der Waals surface area contributed by atoms with E-state index in [1.165, 1.54) is 13.0 Å². The molecule has 0 bridgehead atoms. The summed E-state index contributed by atoms with van der Waals surface area (Å²) >= 11 is 0. The maximum Gasteiger partial charge on any atom is 0.0574 e. The van der Waals surface area contributed by atoms with Gasteiger partial charge in [-0.05, 0) is 27.1 Å². The van der Waals surface area contributed by atoms with E-state index in [1.807, 2.05) is 0 Å². The molecule has 0 amide bonds. The van der Waals surface area contributed by atoms with E-state index in [0.29, 0.717) is 6.54 Å². The van der Waals surface area contributed by atoms with E-state index in [1.54, 1.807) is 0 Å². The lowest BCUT2D eigenvalue weighted by Crippen LogP contribution is -2.37. The first kappa shape index (κ1) is 14.4. The van der Waals surface area contributed by atoms with Crippen LogP contribution in [0.2, 0.25) is 0 Å². The van der Waals surface area contributed by atoms with Gasteiger partial charge in [0.05, 0.1) is 6.54 Å². The van der Waals surface area contributed by atoms with Crippen LogP contribution in [0.4, 0.5) is 0 Å². The molecule has 0 rings (SSSR count). The summed E-state index contributed by atoms with van der Waals surface area (Å²) in [6.07, 6.45) is 6.38. The van der Waals surface area contributed by atoms with Crippen LogP contribution in [0.1, 0.15) is 13.3 Å². The average Bonchev–Trinajstić information content (AvgIpc) is 2.20. The zero-order valence-electron chi connectivity index (χ0n) is 10.4. The number of nitrogens with zero attached hydrogens (tertiary/aromatic N) is 2. The summed E-state index contributed by atoms with van der Waals surface area (Å²) in [5.41, 5.74) is 0. The molecule has 0 fully saturated rings. The number of rotatable bonds is 9. The lowest BCUT2D eigenvalue weighted by atomic mass is 10.3. The normalized spacial score (nSPS) is 10.9. The summed E-state index contributed by atoms with van der Waals surface area (Å²) in [4.78, 5) is 4.70. The zero-order valence-corrected chi connectivity index (χ0v) is 10.4. The minimum absolute atomic E-state index is 0.674. The fourth-order valence-corrected chi connectivity index (χ4v) is 1.39. The average molecular weight is 211 g/mol. The Morgan fingerprint density at radius 3 is 2.40 bits per heavy atom. The van der Waals surface area contributed by atoms with Crippen molar-refractivity contribution >= 4 is 0 Å². The molecular formula is C12H25N3. The Kier molecular flexibility index (Phi) is 9.60. The molecule has 0 saturated heterocycles. The SMILES string of the molecule is C#CCNCCN(CCC)CCN(C)C. The minimum atomic E-state index is 0.674. The van der Waals surface area contributed by atoms with Crippen molar-refractivity contribution in [1.82, 2.24) is 15.1 Å². The van der Waals surface area contributed by atoms with Crippen LogP contribution in [0, 0.1) is 12.3 Å². The molecule has 0 aliphatic rings. The summed E-state index contributed by atoms with van der Waals surface area (Å²) in [6, 6.07) is 0. The van der Waals surface area contributed by atoms with E-state index in [-0.39, 0.29) is 0 Å². The van der Waals surface area contributed by atoms with Crippen molar-refractivity contribution in [3.8, 4) is 12.3 Å². The molecule has 0 heterocycles. The van der Waals surface area contributed by atoms with Gasteiger partial charge in [-0.3, -0.25) is 0 Å². The Labute approximate surface area is 94.8 Å². The topological polar surface area (TPSA) is 18.5 Å². The molecule has 0 radical (unpaired) electrons. The molecule has 0 unspecified atom stereocenters. The van der Waals surface area contributed by atoms with Gasteiger partial charge in [0.25, 0.3) is 0 Å². The van der Waals surface area contributed by atoms with E-state index in [4.69, 9.17) is 6.42 Å². The van der Waals surface area contributed by atoms with E-state index in [2.05, 4.69) is 42.1 Å². The van der Waals surface area contributed by atoms with Gasteiger partial charge in [-0.1, -0.05) is 12.8 Å². The van der Waals surface area contributed by atoms with Crippen LogP contribution >= 0.6 is 0 Å². The molecule has 0 aromatic carbocycles. The van der Waals surface area contributed by atoms with Crippen LogP contribution in [0.3, 0.4) is 0 Å². The Bertz CT molecular complexity index is 172. The number of nitrogens with one attached hydrogen (secondary N) is 1. The third-order valence-electron chi connectivity index (χ3n) is 2.24. The third-order valence-corrected chi connectivity index (χ3v) is 2.24. The van der Waals surface area contributed by atoms with Gasteiger partial charge in [0.1, 0.15) is 0 Å². The number of likely N-dealkylation sites (N-methyl/N-ethyl adjacent to an activating group) is 1. The van der Waals surface area contributed by atoms with Gasteiger partial charge in [0, 0.05) is 26.2 Å². The molecular weight excluding hydrogens is 186 g/mol. The van der Waals surface area contributed by atoms with Gasteiger partial charge in [-0.15, -0.1) is 6.42 Å². The lowest BCUT2D eigenvalue weighted by molar-refractivity contribution is 0.242. The van der Waals surface area contributed by atoms with Crippen LogP contribution in [-0.2, 0) is 0 Å². The molecule has 0 atom stereocenters. The molecule has 0 aliphatic heterocycles. The molecule has 1 N–H and O–H groups in total. The summed E-state index contributed by atoms with van der Waals surface area (Å²) in [7, 11) is 4.22. The van der Waals surface area contributed by atoms with Crippen LogP contribution < -0.4 is 5.32 Å².